The van der Waals surface area contributed by atoms with E-state index in [4.69, 9.17) is 4.18 Å². The fourth-order valence-corrected chi connectivity index (χ4v) is 3.14. The van der Waals surface area contributed by atoms with E-state index in [2.05, 4.69) is 4.98 Å². The van der Waals surface area contributed by atoms with Crippen LogP contribution in [0.4, 0.5) is 0 Å². The lowest BCUT2D eigenvalue weighted by molar-refractivity contribution is 0.389. The largest absolute Gasteiger partial charge is 0.503 e. The second-order valence-corrected chi connectivity index (χ2v) is 11.9. The van der Waals surface area contributed by atoms with Crippen molar-refractivity contribution in [1.82, 2.24) is 9.29 Å². The summed E-state index contributed by atoms with van der Waals surface area (Å²) in [5.74, 6) is -0.467. The van der Waals surface area contributed by atoms with Gasteiger partial charge in [-0.2, -0.15) is 12.7 Å². The van der Waals surface area contributed by atoms with E-state index in [1.807, 2.05) is 19.6 Å². The molecule has 1 rings (SSSR count). The molecule has 102 valence electrons. The topological polar surface area (TPSA) is 79.7 Å². The summed E-state index contributed by atoms with van der Waals surface area (Å²) in [6, 6.07) is 1.69. The first-order valence-corrected chi connectivity index (χ1v) is 10.2. The van der Waals surface area contributed by atoms with Gasteiger partial charge in [-0.1, -0.05) is 19.6 Å². The maximum Gasteiger partial charge on any atom is 0.386 e. The minimum Gasteiger partial charge on any atom is -0.503 e. The summed E-state index contributed by atoms with van der Waals surface area (Å²) in [6.45, 7) is 6.10. The van der Waals surface area contributed by atoms with Crippen molar-refractivity contribution in [3.8, 4) is 11.6 Å². The smallest absolute Gasteiger partial charge is 0.386 e. The van der Waals surface area contributed by atoms with Gasteiger partial charge in [-0.3, -0.25) is 0 Å². The predicted octanol–water partition coefficient (Wildman–Crippen LogP) is 0.518. The van der Waals surface area contributed by atoms with Crippen molar-refractivity contribution >= 4 is 23.6 Å². The molecule has 0 bridgehead atoms. The Bertz CT molecular complexity index is 537. The van der Waals surface area contributed by atoms with Crippen LogP contribution in [0.25, 0.3) is 0 Å². The Morgan fingerprint density at radius 1 is 1.33 bits per heavy atom. The number of pyridine rings is 1. The number of nitrogens with zero attached hydrogens (tertiary/aromatic N) is 2. The lowest BCUT2D eigenvalue weighted by Gasteiger charge is -2.19. The highest BCUT2D eigenvalue weighted by molar-refractivity contribution is 7.84. The summed E-state index contributed by atoms with van der Waals surface area (Å²) in [5, 5.41) is 10.7. The van der Waals surface area contributed by atoms with Crippen LogP contribution < -0.4 is 9.37 Å². The van der Waals surface area contributed by atoms with Crippen LogP contribution in [0, 0.1) is 0 Å². The second kappa shape index (κ2) is 4.86. The van der Waals surface area contributed by atoms with Crippen molar-refractivity contribution in [3.05, 3.63) is 12.3 Å². The standard InChI is InChI=1S/C10H18N2O4SSi/c1-12(2)17(14,15)16-10-9(13)8(6-7-11-10)18(3,4)5/h6-7,13H,1-5H3. The minimum atomic E-state index is -3.91. The van der Waals surface area contributed by atoms with Crippen molar-refractivity contribution in [1.29, 1.82) is 0 Å². The molecule has 0 aliphatic heterocycles. The Balaban J connectivity index is 3.22. The van der Waals surface area contributed by atoms with Gasteiger partial charge < -0.3 is 9.29 Å². The van der Waals surface area contributed by atoms with Crippen LogP contribution in [0.2, 0.25) is 19.6 Å². The van der Waals surface area contributed by atoms with E-state index in [0.29, 0.717) is 5.19 Å². The Morgan fingerprint density at radius 2 is 1.89 bits per heavy atom. The molecule has 0 aliphatic carbocycles. The third-order valence-electron chi connectivity index (χ3n) is 2.33. The van der Waals surface area contributed by atoms with E-state index in [-0.39, 0.29) is 11.6 Å². The summed E-state index contributed by atoms with van der Waals surface area (Å²) in [4.78, 5) is 3.76. The van der Waals surface area contributed by atoms with Gasteiger partial charge in [0.2, 0.25) is 0 Å². The van der Waals surface area contributed by atoms with Crippen LogP contribution in [0.3, 0.4) is 0 Å². The SMILES string of the molecule is CN(C)S(=O)(=O)Oc1nccc([Si](C)(C)C)c1O. The van der Waals surface area contributed by atoms with Gasteiger partial charge in [-0.15, -0.1) is 0 Å². The van der Waals surface area contributed by atoms with E-state index < -0.39 is 18.4 Å². The van der Waals surface area contributed by atoms with Gasteiger partial charge in [0, 0.05) is 20.3 Å². The van der Waals surface area contributed by atoms with Gasteiger partial charge in [0.25, 0.3) is 5.88 Å². The van der Waals surface area contributed by atoms with Crippen molar-refractivity contribution in [2.24, 2.45) is 0 Å². The molecule has 1 aromatic rings. The number of aromatic hydroxyl groups is 1. The fraction of sp³-hybridized carbons (Fsp3) is 0.500. The summed E-state index contributed by atoms with van der Waals surface area (Å²) in [6.07, 6.45) is 1.44. The van der Waals surface area contributed by atoms with Gasteiger partial charge in [-0.05, 0) is 11.3 Å². The average molecular weight is 290 g/mol. The lowest BCUT2D eigenvalue weighted by Crippen LogP contribution is -2.38. The number of rotatable bonds is 4. The Kier molecular flexibility index (Phi) is 4.04. The highest BCUT2D eigenvalue weighted by Crippen LogP contribution is 2.24. The van der Waals surface area contributed by atoms with Gasteiger partial charge in [0.1, 0.15) is 0 Å². The Morgan fingerprint density at radius 3 is 2.33 bits per heavy atom. The third kappa shape index (κ3) is 3.21. The third-order valence-corrected chi connectivity index (χ3v) is 5.61. The van der Waals surface area contributed by atoms with Crippen LogP contribution in [-0.4, -0.2) is 45.0 Å². The Labute approximate surface area is 108 Å². The maximum absolute atomic E-state index is 11.6. The predicted molar refractivity (Wildman–Crippen MR) is 72.1 cm³/mol. The van der Waals surface area contributed by atoms with E-state index in [1.165, 1.54) is 20.3 Å². The molecular formula is C10H18N2O4SSi. The van der Waals surface area contributed by atoms with Crippen LogP contribution in [0.15, 0.2) is 12.3 Å². The van der Waals surface area contributed by atoms with Crippen molar-refractivity contribution < 1.29 is 17.7 Å². The molecule has 0 radical (unpaired) electrons. The van der Waals surface area contributed by atoms with Crippen LogP contribution in [0.5, 0.6) is 11.6 Å². The first-order valence-electron chi connectivity index (χ1n) is 5.36. The zero-order valence-electron chi connectivity index (χ0n) is 11.1. The van der Waals surface area contributed by atoms with Crippen molar-refractivity contribution in [2.45, 2.75) is 19.6 Å². The monoisotopic (exact) mass is 290 g/mol. The van der Waals surface area contributed by atoms with Gasteiger partial charge in [0.15, 0.2) is 5.75 Å². The number of hydrogen-bond acceptors (Lipinski definition) is 5. The quantitative estimate of drug-likeness (QED) is 0.818. The molecule has 0 fully saturated rings. The van der Waals surface area contributed by atoms with Crippen LogP contribution >= 0.6 is 0 Å². The maximum atomic E-state index is 11.6. The average Bonchev–Trinajstić information content (AvgIpc) is 2.18. The first-order chi connectivity index (χ1) is 8.05. The molecule has 0 aromatic carbocycles. The molecule has 0 amide bonds. The summed E-state index contributed by atoms with van der Waals surface area (Å²) < 4.78 is 28.9. The Hall–Kier alpha value is -1.12. The lowest BCUT2D eigenvalue weighted by atomic mass is 10.4. The summed E-state index contributed by atoms with van der Waals surface area (Å²) in [5.41, 5.74) is 0. The normalized spacial score (nSPS) is 12.8. The second-order valence-electron chi connectivity index (χ2n) is 5.09. The van der Waals surface area contributed by atoms with Crippen molar-refractivity contribution in [3.63, 3.8) is 0 Å². The zero-order valence-corrected chi connectivity index (χ0v) is 12.9. The van der Waals surface area contributed by atoms with E-state index >= 15 is 0 Å². The molecule has 0 atom stereocenters. The van der Waals surface area contributed by atoms with Gasteiger partial charge in [0.05, 0.1) is 8.07 Å². The highest BCUT2D eigenvalue weighted by Gasteiger charge is 2.26. The molecule has 1 aromatic heterocycles. The molecule has 6 nitrogen and oxygen atoms in total. The molecule has 1 N–H and O–H groups in total. The summed E-state index contributed by atoms with van der Waals surface area (Å²) in [7, 11) is -3.02. The molecule has 0 aliphatic rings. The highest BCUT2D eigenvalue weighted by atomic mass is 32.2. The van der Waals surface area contributed by atoms with E-state index in [9.17, 15) is 13.5 Å². The van der Waals surface area contributed by atoms with Crippen LogP contribution in [0.1, 0.15) is 0 Å². The molecule has 0 spiro atoms. The molecule has 0 unspecified atom stereocenters. The minimum absolute atomic E-state index is 0.193. The molecule has 0 saturated heterocycles. The van der Waals surface area contributed by atoms with Gasteiger partial charge in [-0.25, -0.2) is 4.98 Å². The molecule has 18 heavy (non-hydrogen) atoms. The molecule has 1 heterocycles. The molecule has 8 heteroatoms. The van der Waals surface area contributed by atoms with E-state index in [1.54, 1.807) is 6.07 Å². The fourth-order valence-electron chi connectivity index (χ4n) is 1.28. The first kappa shape index (κ1) is 14.9. The molecule has 0 saturated carbocycles. The zero-order chi connectivity index (χ0) is 14.1. The van der Waals surface area contributed by atoms with E-state index in [0.717, 1.165) is 4.31 Å². The molecular weight excluding hydrogens is 272 g/mol. The van der Waals surface area contributed by atoms with Crippen LogP contribution in [-0.2, 0) is 10.3 Å². The summed E-state index contributed by atoms with van der Waals surface area (Å²) >= 11 is 0. The van der Waals surface area contributed by atoms with Gasteiger partial charge >= 0.3 is 10.3 Å². The van der Waals surface area contributed by atoms with Crippen molar-refractivity contribution in [2.75, 3.05) is 14.1 Å². The number of hydrogen-bond donors (Lipinski definition) is 1. The number of aromatic nitrogens is 1.